The van der Waals surface area contributed by atoms with Gasteiger partial charge in [-0.2, -0.15) is 0 Å². The summed E-state index contributed by atoms with van der Waals surface area (Å²) in [5, 5.41) is 9.56. The van der Waals surface area contributed by atoms with Crippen LogP contribution >= 0.6 is 0 Å². The van der Waals surface area contributed by atoms with Gasteiger partial charge in [-0.25, -0.2) is 0 Å². The summed E-state index contributed by atoms with van der Waals surface area (Å²) in [4.78, 5) is 11.6. The molecule has 0 saturated carbocycles. The van der Waals surface area contributed by atoms with Crippen LogP contribution in [-0.2, 0) is 4.79 Å². The minimum atomic E-state index is -0.0589. The van der Waals surface area contributed by atoms with E-state index in [2.05, 4.69) is 13.8 Å². The molecule has 1 atom stereocenters. The van der Waals surface area contributed by atoms with Crippen LogP contribution in [0.2, 0.25) is 0 Å². The zero-order valence-corrected chi connectivity index (χ0v) is 25.1. The van der Waals surface area contributed by atoms with Crippen molar-refractivity contribution in [3.63, 3.8) is 0 Å². The number of unbranched alkanes of at least 4 members (excludes halogenated alkanes) is 24. The van der Waals surface area contributed by atoms with E-state index in [9.17, 15) is 9.90 Å². The van der Waals surface area contributed by atoms with Gasteiger partial charge in [0.25, 0.3) is 0 Å². The summed E-state index contributed by atoms with van der Waals surface area (Å²) in [5.74, 6) is 0.487. The first kappa shape index (κ1) is 35.6. The van der Waals surface area contributed by atoms with Gasteiger partial charge in [0.15, 0.2) is 0 Å². The molecule has 216 valence electrons. The first-order valence-electron chi connectivity index (χ1n) is 16.9. The van der Waals surface area contributed by atoms with Crippen LogP contribution in [0.3, 0.4) is 0 Å². The van der Waals surface area contributed by atoms with E-state index < -0.39 is 0 Å². The summed E-state index contributed by atoms with van der Waals surface area (Å²) in [6.07, 6.45) is 39.1. The number of Topliss-reactive ketones (excluding diaryl/α,β-unsaturated/α-hetero) is 1. The van der Waals surface area contributed by atoms with Gasteiger partial charge in [-0.3, -0.25) is 4.79 Å². The van der Waals surface area contributed by atoms with Crippen LogP contribution < -0.4 is 0 Å². The summed E-state index contributed by atoms with van der Waals surface area (Å²) in [5.41, 5.74) is 0. The number of hydrogen-bond acceptors (Lipinski definition) is 2. The van der Waals surface area contributed by atoms with Crippen LogP contribution in [-0.4, -0.2) is 17.0 Å². The highest BCUT2D eigenvalue weighted by Gasteiger charge is 2.01. The summed E-state index contributed by atoms with van der Waals surface area (Å²) in [6, 6.07) is 0. The first-order valence-corrected chi connectivity index (χ1v) is 16.9. The van der Waals surface area contributed by atoms with E-state index >= 15 is 0 Å². The molecule has 0 aromatic heterocycles. The number of aliphatic hydroxyl groups excluding tert-OH is 1. The number of aliphatic hydroxyl groups is 1. The third-order valence-electron chi connectivity index (χ3n) is 8.02. The Morgan fingerprint density at radius 3 is 1.03 bits per heavy atom. The molecule has 2 nitrogen and oxygen atoms in total. The Hall–Kier alpha value is -0.370. The molecule has 0 aromatic carbocycles. The second kappa shape index (κ2) is 30.9. The molecule has 0 bridgehead atoms. The fourth-order valence-corrected chi connectivity index (χ4v) is 5.29. The topological polar surface area (TPSA) is 37.3 Å². The highest BCUT2D eigenvalue weighted by Crippen LogP contribution is 2.16. The number of hydrogen-bond donors (Lipinski definition) is 1. The molecule has 0 radical (unpaired) electrons. The maximum Gasteiger partial charge on any atom is 0.132 e. The Morgan fingerprint density at radius 1 is 0.444 bits per heavy atom. The summed E-state index contributed by atoms with van der Waals surface area (Å²) < 4.78 is 0. The van der Waals surface area contributed by atoms with E-state index in [-0.39, 0.29) is 6.10 Å². The monoisotopic (exact) mass is 509 g/mol. The molecule has 0 rings (SSSR count). The second-order valence-corrected chi connectivity index (χ2v) is 11.7. The van der Waals surface area contributed by atoms with E-state index in [1.807, 2.05) is 0 Å². The van der Waals surface area contributed by atoms with Gasteiger partial charge in [-0.15, -0.1) is 0 Å². The average Bonchev–Trinajstić information content (AvgIpc) is 2.89. The molecular formula is C34H68O2. The molecule has 1 N–H and O–H groups in total. The van der Waals surface area contributed by atoms with Crippen LogP contribution in [0, 0.1) is 0 Å². The Labute approximate surface area is 228 Å². The highest BCUT2D eigenvalue weighted by molar-refractivity contribution is 5.78. The quantitative estimate of drug-likeness (QED) is 0.0945. The van der Waals surface area contributed by atoms with Crippen LogP contribution in [0.25, 0.3) is 0 Å². The molecule has 0 spiro atoms. The van der Waals surface area contributed by atoms with Crippen LogP contribution in [0.15, 0.2) is 0 Å². The molecule has 0 amide bonds. The molecule has 0 aliphatic carbocycles. The van der Waals surface area contributed by atoms with Crippen molar-refractivity contribution in [1.82, 2.24) is 0 Å². The lowest BCUT2D eigenvalue weighted by atomic mass is 10.0. The first-order chi connectivity index (χ1) is 17.7. The van der Waals surface area contributed by atoms with Crippen molar-refractivity contribution in [3.8, 4) is 0 Å². The van der Waals surface area contributed by atoms with Crippen molar-refractivity contribution >= 4 is 5.78 Å². The van der Waals surface area contributed by atoms with E-state index in [1.165, 1.54) is 148 Å². The van der Waals surface area contributed by atoms with Crippen LogP contribution in [0.4, 0.5) is 0 Å². The predicted octanol–water partition coefficient (Wildman–Crippen LogP) is 11.7. The lowest BCUT2D eigenvalue weighted by Gasteiger charge is -2.06. The van der Waals surface area contributed by atoms with Crippen molar-refractivity contribution in [1.29, 1.82) is 0 Å². The molecule has 2 heteroatoms. The molecule has 0 heterocycles. The molecular weight excluding hydrogens is 440 g/mol. The SMILES string of the molecule is CCCCC(=O)CCCCCCCCCCCCCCCCCCCCCCCCCCC(O)CC. The fourth-order valence-electron chi connectivity index (χ4n) is 5.29. The molecule has 0 fully saturated rings. The van der Waals surface area contributed by atoms with Gasteiger partial charge in [0.2, 0.25) is 0 Å². The zero-order valence-electron chi connectivity index (χ0n) is 25.1. The van der Waals surface area contributed by atoms with Crippen molar-refractivity contribution < 1.29 is 9.90 Å². The van der Waals surface area contributed by atoms with Gasteiger partial charge in [-0.1, -0.05) is 168 Å². The summed E-state index contributed by atoms with van der Waals surface area (Å²) in [6.45, 7) is 4.23. The largest absolute Gasteiger partial charge is 0.393 e. The molecule has 0 aliphatic heterocycles. The Morgan fingerprint density at radius 2 is 0.722 bits per heavy atom. The van der Waals surface area contributed by atoms with Crippen molar-refractivity contribution in [3.05, 3.63) is 0 Å². The van der Waals surface area contributed by atoms with E-state index in [4.69, 9.17) is 0 Å². The van der Waals surface area contributed by atoms with E-state index in [1.54, 1.807) is 0 Å². The second-order valence-electron chi connectivity index (χ2n) is 11.7. The van der Waals surface area contributed by atoms with E-state index in [0.717, 1.165) is 44.9 Å². The lowest BCUT2D eigenvalue weighted by molar-refractivity contribution is -0.119. The number of carbonyl (C=O) groups is 1. The van der Waals surface area contributed by atoms with Gasteiger partial charge in [0.1, 0.15) is 5.78 Å². The molecule has 0 aliphatic rings. The van der Waals surface area contributed by atoms with Crippen molar-refractivity contribution in [2.24, 2.45) is 0 Å². The maximum atomic E-state index is 11.6. The normalized spacial score (nSPS) is 12.3. The van der Waals surface area contributed by atoms with Gasteiger partial charge in [-0.05, 0) is 25.7 Å². The minimum absolute atomic E-state index is 0.0589. The molecule has 0 saturated heterocycles. The predicted molar refractivity (Wildman–Crippen MR) is 161 cm³/mol. The van der Waals surface area contributed by atoms with Crippen molar-refractivity contribution in [2.75, 3.05) is 0 Å². The Kier molecular flexibility index (Phi) is 30.5. The Bertz CT molecular complexity index is 419. The van der Waals surface area contributed by atoms with Crippen molar-refractivity contribution in [2.45, 2.75) is 213 Å². The molecule has 0 aromatic rings. The molecule has 1 unspecified atom stereocenters. The number of ketones is 1. The maximum absolute atomic E-state index is 11.6. The summed E-state index contributed by atoms with van der Waals surface area (Å²) in [7, 11) is 0. The van der Waals surface area contributed by atoms with Gasteiger partial charge in [0, 0.05) is 12.8 Å². The third kappa shape index (κ3) is 29.9. The van der Waals surface area contributed by atoms with Crippen LogP contribution in [0.5, 0.6) is 0 Å². The molecule has 36 heavy (non-hydrogen) atoms. The number of rotatable bonds is 31. The fraction of sp³-hybridized carbons (Fsp3) is 0.971. The van der Waals surface area contributed by atoms with Gasteiger partial charge >= 0.3 is 0 Å². The highest BCUT2D eigenvalue weighted by atomic mass is 16.3. The average molecular weight is 509 g/mol. The van der Waals surface area contributed by atoms with Crippen LogP contribution in [0.1, 0.15) is 206 Å². The third-order valence-corrected chi connectivity index (χ3v) is 8.02. The zero-order chi connectivity index (χ0) is 26.4. The van der Waals surface area contributed by atoms with E-state index in [0.29, 0.717) is 5.78 Å². The minimum Gasteiger partial charge on any atom is -0.393 e. The number of carbonyl (C=O) groups excluding carboxylic acids is 1. The lowest BCUT2D eigenvalue weighted by Crippen LogP contribution is -2.03. The Balaban J connectivity index is 3.07. The standard InChI is InChI=1S/C34H68O2/c1-3-5-30-34(36)32-29-27-25-23-21-19-17-15-13-11-9-7-6-8-10-12-14-16-18-20-22-24-26-28-31-33(35)4-2/h33,35H,3-32H2,1-2H3. The van der Waals surface area contributed by atoms with Gasteiger partial charge in [0.05, 0.1) is 6.10 Å². The smallest absolute Gasteiger partial charge is 0.132 e. The van der Waals surface area contributed by atoms with Gasteiger partial charge < -0.3 is 5.11 Å². The summed E-state index contributed by atoms with van der Waals surface area (Å²) >= 11 is 0.